The summed E-state index contributed by atoms with van der Waals surface area (Å²) in [6.45, 7) is 0. The summed E-state index contributed by atoms with van der Waals surface area (Å²) in [7, 11) is -2.63. The fourth-order valence-corrected chi connectivity index (χ4v) is 5.10. The molecule has 0 saturated carbocycles. The minimum atomic E-state index is -3.86. The Morgan fingerprint density at radius 3 is 2.67 bits per heavy atom. The number of nitrogens with two attached hydrogens (primary N) is 1. The number of hydrogen-bond donors (Lipinski definition) is 2. The number of para-hydroxylation sites is 2. The van der Waals surface area contributed by atoms with Crippen LogP contribution in [0.1, 0.15) is 9.67 Å². The highest BCUT2D eigenvalue weighted by atomic mass is 79.9. The molecule has 0 aliphatic carbocycles. The Kier molecular flexibility index (Phi) is 4.55. The van der Waals surface area contributed by atoms with E-state index in [0.717, 1.165) is 11.3 Å². The second-order valence-electron chi connectivity index (χ2n) is 3.93. The van der Waals surface area contributed by atoms with Crippen molar-refractivity contribution in [1.82, 2.24) is 0 Å². The first-order valence-corrected chi connectivity index (χ1v) is 8.69. The summed E-state index contributed by atoms with van der Waals surface area (Å²) >= 11 is 4.12. The summed E-state index contributed by atoms with van der Waals surface area (Å²) < 4.78 is 32.0. The molecule has 1 aromatic heterocycles. The normalized spacial score (nSPS) is 11.1. The maximum atomic E-state index is 12.4. The maximum absolute atomic E-state index is 12.4. The number of rotatable bonds is 4. The number of thiophene rings is 1. The van der Waals surface area contributed by atoms with Crippen molar-refractivity contribution < 1.29 is 17.9 Å². The largest absolute Gasteiger partial charge is 0.465 e. The van der Waals surface area contributed by atoms with Crippen LogP contribution in [0.2, 0.25) is 0 Å². The Bertz CT molecular complexity index is 786. The van der Waals surface area contributed by atoms with Gasteiger partial charge in [-0.1, -0.05) is 12.1 Å². The predicted octanol–water partition coefficient (Wildman–Crippen LogP) is 2.68. The smallest absolute Gasteiger partial charge is 0.348 e. The molecule has 1 heterocycles. The van der Waals surface area contributed by atoms with Crippen molar-refractivity contribution in [3.05, 3.63) is 39.0 Å². The third kappa shape index (κ3) is 3.36. The highest BCUT2D eigenvalue weighted by Crippen LogP contribution is 2.33. The second kappa shape index (κ2) is 6.04. The molecule has 0 amide bonds. The summed E-state index contributed by atoms with van der Waals surface area (Å²) in [4.78, 5) is 11.6. The van der Waals surface area contributed by atoms with E-state index in [1.807, 2.05) is 0 Å². The molecule has 0 saturated heterocycles. The molecule has 6 nitrogen and oxygen atoms in total. The first-order chi connectivity index (χ1) is 9.85. The molecule has 0 aliphatic rings. The molecular weight excluding hydrogens is 380 g/mol. The van der Waals surface area contributed by atoms with E-state index in [0.29, 0.717) is 9.47 Å². The highest BCUT2D eigenvalue weighted by Gasteiger charge is 2.24. The lowest BCUT2D eigenvalue weighted by Crippen LogP contribution is -2.14. The van der Waals surface area contributed by atoms with Crippen LogP contribution in [0.5, 0.6) is 0 Å². The molecule has 3 N–H and O–H groups in total. The minimum absolute atomic E-state index is 0.0452. The van der Waals surface area contributed by atoms with Crippen molar-refractivity contribution in [2.75, 3.05) is 17.6 Å². The molecule has 9 heteroatoms. The van der Waals surface area contributed by atoms with Gasteiger partial charge in [-0.25, -0.2) is 13.2 Å². The van der Waals surface area contributed by atoms with Gasteiger partial charge < -0.3 is 10.5 Å². The first kappa shape index (κ1) is 15.8. The van der Waals surface area contributed by atoms with Crippen molar-refractivity contribution in [3.8, 4) is 0 Å². The van der Waals surface area contributed by atoms with E-state index in [-0.39, 0.29) is 15.5 Å². The SMILES string of the molecule is COC(=O)c1cc(S(=O)(=O)Nc2ccccc2N)c(Br)s1. The Labute approximate surface area is 134 Å². The number of benzene rings is 1. The number of hydrogen-bond acceptors (Lipinski definition) is 6. The molecule has 1 aromatic carbocycles. The van der Waals surface area contributed by atoms with Crippen LogP contribution in [-0.4, -0.2) is 21.5 Å². The summed E-state index contributed by atoms with van der Waals surface area (Å²) in [5, 5.41) is 0. The number of methoxy groups -OCH3 is 1. The fraction of sp³-hybridized carbons (Fsp3) is 0.0833. The third-order valence-corrected chi connectivity index (χ3v) is 6.13. The Hall–Kier alpha value is -1.58. The lowest BCUT2D eigenvalue weighted by atomic mass is 10.3. The highest BCUT2D eigenvalue weighted by molar-refractivity contribution is 9.11. The molecule has 2 rings (SSSR count). The number of nitrogens with one attached hydrogen (secondary N) is 1. The summed E-state index contributed by atoms with van der Waals surface area (Å²) in [6.07, 6.45) is 0. The zero-order chi connectivity index (χ0) is 15.6. The van der Waals surface area contributed by atoms with Crippen LogP contribution >= 0.6 is 27.3 Å². The van der Waals surface area contributed by atoms with E-state index in [1.54, 1.807) is 24.3 Å². The minimum Gasteiger partial charge on any atom is -0.465 e. The predicted molar refractivity (Wildman–Crippen MR) is 85.0 cm³/mol. The lowest BCUT2D eigenvalue weighted by molar-refractivity contribution is 0.0606. The van der Waals surface area contributed by atoms with Crippen molar-refractivity contribution in [2.45, 2.75) is 4.90 Å². The van der Waals surface area contributed by atoms with E-state index >= 15 is 0 Å². The van der Waals surface area contributed by atoms with Gasteiger partial charge in [0.2, 0.25) is 0 Å². The molecule has 112 valence electrons. The summed E-state index contributed by atoms with van der Waals surface area (Å²) in [5.41, 5.74) is 6.29. The van der Waals surface area contributed by atoms with Gasteiger partial charge in [0.05, 0.1) is 22.3 Å². The van der Waals surface area contributed by atoms with Crippen LogP contribution in [0, 0.1) is 0 Å². The van der Waals surface area contributed by atoms with E-state index in [1.165, 1.54) is 13.2 Å². The van der Waals surface area contributed by atoms with E-state index in [4.69, 9.17) is 5.73 Å². The lowest BCUT2D eigenvalue weighted by Gasteiger charge is -2.09. The van der Waals surface area contributed by atoms with Gasteiger partial charge in [-0.15, -0.1) is 11.3 Å². The molecule has 2 aromatic rings. The summed E-state index contributed by atoms with van der Waals surface area (Å²) in [6, 6.07) is 7.75. The topological polar surface area (TPSA) is 98.5 Å². The van der Waals surface area contributed by atoms with Crippen LogP contribution in [0.3, 0.4) is 0 Å². The molecule has 21 heavy (non-hydrogen) atoms. The number of nitrogen functional groups attached to an aromatic ring is 1. The van der Waals surface area contributed by atoms with Gasteiger partial charge in [-0.3, -0.25) is 4.72 Å². The van der Waals surface area contributed by atoms with Crippen molar-refractivity contribution in [3.63, 3.8) is 0 Å². The van der Waals surface area contributed by atoms with E-state index in [2.05, 4.69) is 25.4 Å². The van der Waals surface area contributed by atoms with Gasteiger partial charge >= 0.3 is 5.97 Å². The number of carbonyl (C=O) groups excluding carboxylic acids is 1. The monoisotopic (exact) mass is 390 g/mol. The van der Waals surface area contributed by atoms with Gasteiger partial charge in [0.15, 0.2) is 0 Å². The quantitative estimate of drug-likeness (QED) is 0.617. The Balaban J connectivity index is 2.39. The molecular formula is C12H11BrN2O4S2. The average molecular weight is 391 g/mol. The van der Waals surface area contributed by atoms with Crippen molar-refractivity contribution in [2.24, 2.45) is 0 Å². The van der Waals surface area contributed by atoms with Crippen molar-refractivity contribution in [1.29, 1.82) is 0 Å². The number of esters is 1. The van der Waals surface area contributed by atoms with Gasteiger partial charge in [-0.2, -0.15) is 0 Å². The standard InChI is InChI=1S/C12H11BrN2O4S2/c1-19-12(16)9-6-10(11(13)20-9)21(17,18)15-8-5-3-2-4-7(8)14/h2-6,15H,14H2,1H3. The van der Waals surface area contributed by atoms with Crippen LogP contribution in [0.25, 0.3) is 0 Å². The van der Waals surface area contributed by atoms with Gasteiger partial charge in [0.25, 0.3) is 10.0 Å². The zero-order valence-corrected chi connectivity index (χ0v) is 14.0. The Morgan fingerprint density at radius 2 is 2.05 bits per heavy atom. The number of anilines is 2. The number of ether oxygens (including phenoxy) is 1. The fourth-order valence-electron chi connectivity index (χ4n) is 1.53. The average Bonchev–Trinajstić information content (AvgIpc) is 2.83. The number of sulfonamides is 1. The van der Waals surface area contributed by atoms with Crippen LogP contribution in [0.4, 0.5) is 11.4 Å². The zero-order valence-electron chi connectivity index (χ0n) is 10.8. The molecule has 0 radical (unpaired) electrons. The van der Waals surface area contributed by atoms with Crippen LogP contribution < -0.4 is 10.5 Å². The third-order valence-electron chi connectivity index (χ3n) is 2.54. The van der Waals surface area contributed by atoms with Crippen LogP contribution in [-0.2, 0) is 14.8 Å². The molecule has 0 fully saturated rings. The molecule has 0 aliphatic heterocycles. The van der Waals surface area contributed by atoms with E-state index < -0.39 is 16.0 Å². The second-order valence-corrected chi connectivity index (χ2v) is 7.95. The molecule has 0 unspecified atom stereocenters. The van der Waals surface area contributed by atoms with E-state index in [9.17, 15) is 13.2 Å². The van der Waals surface area contributed by atoms with Gasteiger partial charge in [0, 0.05) is 0 Å². The number of halogens is 1. The van der Waals surface area contributed by atoms with Gasteiger partial charge in [0.1, 0.15) is 9.77 Å². The van der Waals surface area contributed by atoms with Gasteiger partial charge in [-0.05, 0) is 34.1 Å². The van der Waals surface area contributed by atoms with Crippen molar-refractivity contribution >= 4 is 54.6 Å². The maximum Gasteiger partial charge on any atom is 0.348 e. The molecule has 0 bridgehead atoms. The summed E-state index contributed by atoms with van der Waals surface area (Å²) in [5.74, 6) is -0.596. The molecule has 0 atom stereocenters. The first-order valence-electron chi connectivity index (χ1n) is 5.60. The Morgan fingerprint density at radius 1 is 1.38 bits per heavy atom. The van der Waals surface area contributed by atoms with Crippen LogP contribution in [0.15, 0.2) is 39.0 Å². The number of carbonyl (C=O) groups is 1. The molecule has 0 spiro atoms.